The number of urea groups is 1. The number of likely N-dealkylation sites (tertiary alicyclic amines) is 1. The molecule has 1 aromatic rings. The summed E-state index contributed by atoms with van der Waals surface area (Å²) in [6.07, 6.45) is 0.397. The van der Waals surface area contributed by atoms with E-state index < -0.39 is 0 Å². The van der Waals surface area contributed by atoms with Crippen LogP contribution in [0.25, 0.3) is 0 Å². The second-order valence-electron chi connectivity index (χ2n) is 7.94. The fraction of sp³-hybridized carbons (Fsp3) is 0.600. The summed E-state index contributed by atoms with van der Waals surface area (Å²) < 4.78 is 10.8. The molecule has 0 bridgehead atoms. The van der Waals surface area contributed by atoms with Gasteiger partial charge in [-0.3, -0.25) is 9.69 Å². The lowest BCUT2D eigenvalue weighted by atomic mass is 10.1. The van der Waals surface area contributed by atoms with Crippen LogP contribution in [0.4, 0.5) is 4.79 Å². The minimum absolute atomic E-state index is 0.0638. The van der Waals surface area contributed by atoms with Crippen LogP contribution in [0.15, 0.2) is 18.2 Å². The average molecular weight is 388 g/mol. The SMILES string of the molecule is CC(C)N1CC(NC(=O)N2CCN(Cc3ccc4c(c3)OCO4)CC2)CC1=O. The highest BCUT2D eigenvalue weighted by Crippen LogP contribution is 2.32. The number of hydrogen-bond acceptors (Lipinski definition) is 5. The Morgan fingerprint density at radius 3 is 2.64 bits per heavy atom. The van der Waals surface area contributed by atoms with E-state index >= 15 is 0 Å². The van der Waals surface area contributed by atoms with Gasteiger partial charge in [0, 0.05) is 51.7 Å². The van der Waals surface area contributed by atoms with Crippen LogP contribution in [0.1, 0.15) is 25.8 Å². The van der Waals surface area contributed by atoms with Crippen molar-refractivity contribution in [3.63, 3.8) is 0 Å². The Kier molecular flexibility index (Phi) is 5.30. The molecule has 2 fully saturated rings. The van der Waals surface area contributed by atoms with Gasteiger partial charge in [-0.05, 0) is 31.5 Å². The summed E-state index contributed by atoms with van der Waals surface area (Å²) >= 11 is 0. The van der Waals surface area contributed by atoms with Crippen molar-refractivity contribution in [2.24, 2.45) is 0 Å². The zero-order valence-corrected chi connectivity index (χ0v) is 16.5. The highest BCUT2D eigenvalue weighted by atomic mass is 16.7. The van der Waals surface area contributed by atoms with E-state index in [0.717, 1.165) is 31.1 Å². The van der Waals surface area contributed by atoms with Gasteiger partial charge >= 0.3 is 6.03 Å². The van der Waals surface area contributed by atoms with Crippen molar-refractivity contribution in [3.05, 3.63) is 23.8 Å². The molecule has 152 valence electrons. The Hall–Kier alpha value is -2.48. The standard InChI is InChI=1S/C20H28N4O4/c1-14(2)24-12-16(10-19(24)25)21-20(26)23-7-5-22(6-8-23)11-15-3-4-17-18(9-15)28-13-27-17/h3-4,9,14,16H,5-8,10-13H2,1-2H3,(H,21,26). The summed E-state index contributed by atoms with van der Waals surface area (Å²) in [6, 6.07) is 6.06. The predicted molar refractivity (Wildman–Crippen MR) is 103 cm³/mol. The molecule has 8 nitrogen and oxygen atoms in total. The number of carbonyl (C=O) groups excluding carboxylic acids is 2. The lowest BCUT2D eigenvalue weighted by molar-refractivity contribution is -0.129. The fourth-order valence-electron chi connectivity index (χ4n) is 4.00. The summed E-state index contributed by atoms with van der Waals surface area (Å²) in [7, 11) is 0. The van der Waals surface area contributed by atoms with Crippen LogP contribution in [-0.4, -0.2) is 78.2 Å². The van der Waals surface area contributed by atoms with Gasteiger partial charge in [-0.25, -0.2) is 4.79 Å². The quantitative estimate of drug-likeness (QED) is 0.840. The number of hydrogen-bond donors (Lipinski definition) is 1. The maximum Gasteiger partial charge on any atom is 0.317 e. The molecule has 2 saturated heterocycles. The van der Waals surface area contributed by atoms with Crippen molar-refractivity contribution in [3.8, 4) is 11.5 Å². The first-order valence-electron chi connectivity index (χ1n) is 9.95. The smallest absolute Gasteiger partial charge is 0.317 e. The van der Waals surface area contributed by atoms with Gasteiger partial charge < -0.3 is 24.6 Å². The maximum absolute atomic E-state index is 12.6. The van der Waals surface area contributed by atoms with Gasteiger partial charge in [0.15, 0.2) is 11.5 Å². The highest BCUT2D eigenvalue weighted by molar-refractivity contribution is 5.82. The van der Waals surface area contributed by atoms with Crippen molar-refractivity contribution in [2.45, 2.75) is 38.9 Å². The molecule has 28 heavy (non-hydrogen) atoms. The molecule has 8 heteroatoms. The molecule has 1 atom stereocenters. The van der Waals surface area contributed by atoms with E-state index in [0.29, 0.717) is 26.1 Å². The second-order valence-corrected chi connectivity index (χ2v) is 7.94. The third kappa shape index (κ3) is 4.01. The Labute approximate surface area is 165 Å². The van der Waals surface area contributed by atoms with Crippen molar-refractivity contribution < 1.29 is 19.1 Å². The molecule has 1 N–H and O–H groups in total. The van der Waals surface area contributed by atoms with Gasteiger partial charge in [0.25, 0.3) is 0 Å². The van der Waals surface area contributed by atoms with Crippen LogP contribution in [-0.2, 0) is 11.3 Å². The normalized spacial score (nSPS) is 22.2. The van der Waals surface area contributed by atoms with E-state index in [1.807, 2.05) is 35.8 Å². The minimum atomic E-state index is -0.0888. The number of benzene rings is 1. The molecule has 0 saturated carbocycles. The Morgan fingerprint density at radius 2 is 1.93 bits per heavy atom. The Balaban J connectivity index is 1.24. The summed E-state index contributed by atoms with van der Waals surface area (Å²) in [5.74, 6) is 1.72. The average Bonchev–Trinajstić information content (AvgIpc) is 3.28. The zero-order valence-electron chi connectivity index (χ0n) is 16.5. The molecule has 0 spiro atoms. The molecule has 3 amide bonds. The van der Waals surface area contributed by atoms with Crippen molar-refractivity contribution in [1.29, 1.82) is 0 Å². The number of rotatable bonds is 4. The molecule has 4 rings (SSSR count). The molecule has 0 radical (unpaired) electrons. The first kappa shape index (κ1) is 18.9. The predicted octanol–water partition coefficient (Wildman–Crippen LogP) is 1.25. The molecule has 3 aliphatic heterocycles. The Morgan fingerprint density at radius 1 is 1.18 bits per heavy atom. The van der Waals surface area contributed by atoms with Crippen molar-refractivity contribution in [2.75, 3.05) is 39.5 Å². The fourth-order valence-corrected chi connectivity index (χ4v) is 4.00. The van der Waals surface area contributed by atoms with Crippen molar-refractivity contribution in [1.82, 2.24) is 20.0 Å². The van der Waals surface area contributed by atoms with Gasteiger partial charge in [-0.2, -0.15) is 0 Å². The minimum Gasteiger partial charge on any atom is -0.454 e. The molecule has 3 heterocycles. The molecule has 3 aliphatic rings. The van der Waals surface area contributed by atoms with E-state index in [9.17, 15) is 9.59 Å². The van der Waals surface area contributed by atoms with Crippen LogP contribution in [0.5, 0.6) is 11.5 Å². The molecule has 1 unspecified atom stereocenters. The van der Waals surface area contributed by atoms with E-state index in [2.05, 4.69) is 16.3 Å². The molecular formula is C20H28N4O4. The van der Waals surface area contributed by atoms with Crippen LogP contribution in [0, 0.1) is 0 Å². The molecule has 1 aromatic carbocycles. The number of carbonyl (C=O) groups is 2. The van der Waals surface area contributed by atoms with Crippen molar-refractivity contribution >= 4 is 11.9 Å². The van der Waals surface area contributed by atoms with E-state index in [4.69, 9.17) is 9.47 Å². The summed E-state index contributed by atoms with van der Waals surface area (Å²) in [4.78, 5) is 30.6. The number of piperazine rings is 1. The number of nitrogens with zero attached hydrogens (tertiary/aromatic N) is 3. The van der Waals surface area contributed by atoms with Gasteiger partial charge in [-0.15, -0.1) is 0 Å². The summed E-state index contributed by atoms with van der Waals surface area (Å²) in [5, 5.41) is 3.03. The second kappa shape index (κ2) is 7.87. The van der Waals surface area contributed by atoms with E-state index in [1.165, 1.54) is 5.56 Å². The topological polar surface area (TPSA) is 74.4 Å². The Bertz CT molecular complexity index is 746. The highest BCUT2D eigenvalue weighted by Gasteiger charge is 2.33. The van der Waals surface area contributed by atoms with Crippen LogP contribution in [0.3, 0.4) is 0 Å². The molecular weight excluding hydrogens is 360 g/mol. The van der Waals surface area contributed by atoms with Gasteiger partial charge in [0.2, 0.25) is 12.7 Å². The van der Waals surface area contributed by atoms with Gasteiger partial charge in [0.1, 0.15) is 0 Å². The van der Waals surface area contributed by atoms with Crippen LogP contribution >= 0.6 is 0 Å². The number of fused-ring (bicyclic) bond motifs is 1. The number of nitrogens with one attached hydrogen (secondary N) is 1. The van der Waals surface area contributed by atoms with Crippen LogP contribution in [0.2, 0.25) is 0 Å². The first-order valence-corrected chi connectivity index (χ1v) is 9.95. The third-order valence-corrected chi connectivity index (χ3v) is 5.61. The first-order chi connectivity index (χ1) is 13.5. The largest absolute Gasteiger partial charge is 0.454 e. The molecule has 0 aromatic heterocycles. The summed E-state index contributed by atoms with van der Waals surface area (Å²) in [5.41, 5.74) is 1.18. The third-order valence-electron chi connectivity index (χ3n) is 5.61. The maximum atomic E-state index is 12.6. The van der Waals surface area contributed by atoms with Gasteiger partial charge in [0.05, 0.1) is 6.04 Å². The lowest BCUT2D eigenvalue weighted by Gasteiger charge is -2.35. The van der Waals surface area contributed by atoms with E-state index in [-0.39, 0.29) is 30.8 Å². The summed E-state index contributed by atoms with van der Waals surface area (Å²) in [6.45, 7) is 8.74. The van der Waals surface area contributed by atoms with Crippen LogP contribution < -0.4 is 14.8 Å². The molecule has 0 aliphatic carbocycles. The van der Waals surface area contributed by atoms with Gasteiger partial charge in [-0.1, -0.05) is 6.07 Å². The number of ether oxygens (including phenoxy) is 2. The zero-order chi connectivity index (χ0) is 19.7. The lowest BCUT2D eigenvalue weighted by Crippen LogP contribution is -2.53. The number of amides is 3. The monoisotopic (exact) mass is 388 g/mol. The van der Waals surface area contributed by atoms with E-state index in [1.54, 1.807) is 0 Å².